The van der Waals surface area contributed by atoms with Gasteiger partial charge in [0.05, 0.1) is 25.1 Å². The number of nitrogens with zero attached hydrogens (tertiary/aromatic N) is 1. The van der Waals surface area contributed by atoms with Crippen LogP contribution in [-0.4, -0.2) is 57.9 Å². The number of aromatic amines is 1. The summed E-state index contributed by atoms with van der Waals surface area (Å²) in [6.07, 6.45) is 22.3. The van der Waals surface area contributed by atoms with Crippen molar-refractivity contribution in [3.8, 4) is 0 Å². The topological polar surface area (TPSA) is 153 Å². The van der Waals surface area contributed by atoms with Crippen LogP contribution in [0.2, 0.25) is 0 Å². The van der Waals surface area contributed by atoms with E-state index in [-0.39, 0.29) is 25.4 Å². The van der Waals surface area contributed by atoms with E-state index in [1.165, 1.54) is 83.4 Å². The van der Waals surface area contributed by atoms with E-state index in [9.17, 15) is 24.3 Å². The second-order valence-electron chi connectivity index (χ2n) is 9.98. The van der Waals surface area contributed by atoms with Crippen molar-refractivity contribution in [1.29, 1.82) is 0 Å². The van der Waals surface area contributed by atoms with Crippen molar-refractivity contribution in [3.63, 3.8) is 0 Å². The first-order valence-electron chi connectivity index (χ1n) is 14.5. The lowest BCUT2D eigenvalue weighted by Crippen LogP contribution is -2.47. The molecule has 0 radical (unpaired) electrons. The lowest BCUT2D eigenvalue weighted by atomic mass is 10.0. The molecule has 5 N–H and O–H groups in total. The van der Waals surface area contributed by atoms with Crippen LogP contribution in [0.4, 0.5) is 0 Å². The third-order valence-electron chi connectivity index (χ3n) is 6.50. The predicted molar refractivity (Wildman–Crippen MR) is 147 cm³/mol. The van der Waals surface area contributed by atoms with Gasteiger partial charge in [-0.2, -0.15) is 0 Å². The minimum absolute atomic E-state index is 0.0217. The van der Waals surface area contributed by atoms with E-state index in [0.29, 0.717) is 12.1 Å². The molecule has 1 aromatic rings. The molecule has 3 amide bonds. The highest BCUT2D eigenvalue weighted by Crippen LogP contribution is 2.13. The van der Waals surface area contributed by atoms with Crippen molar-refractivity contribution >= 4 is 23.7 Å². The summed E-state index contributed by atoms with van der Waals surface area (Å²) in [6.45, 7) is 1.65. The van der Waals surface area contributed by atoms with Crippen molar-refractivity contribution in [2.45, 2.75) is 122 Å². The lowest BCUT2D eigenvalue weighted by Gasteiger charge is -2.14. The number of hydrogen-bond donors (Lipinski definition) is 5. The Labute approximate surface area is 227 Å². The molecule has 216 valence electrons. The summed E-state index contributed by atoms with van der Waals surface area (Å²) >= 11 is 0. The largest absolute Gasteiger partial charge is 0.480 e. The number of unbranched alkanes of at least 4 members (excludes halogenated alkanes) is 14. The van der Waals surface area contributed by atoms with Crippen LogP contribution in [0.1, 0.15) is 115 Å². The fraction of sp³-hybridized carbons (Fsp3) is 0.750. The molecule has 0 bridgehead atoms. The van der Waals surface area contributed by atoms with E-state index >= 15 is 0 Å². The average molecular weight is 536 g/mol. The Morgan fingerprint density at radius 2 is 1.26 bits per heavy atom. The lowest BCUT2D eigenvalue weighted by molar-refractivity contribution is -0.141. The van der Waals surface area contributed by atoms with Gasteiger partial charge in [0.2, 0.25) is 17.7 Å². The molecule has 0 spiro atoms. The average Bonchev–Trinajstić information content (AvgIpc) is 3.41. The Kier molecular flexibility index (Phi) is 19.3. The minimum atomic E-state index is -1.20. The van der Waals surface area contributed by atoms with Crippen LogP contribution in [0.3, 0.4) is 0 Å². The van der Waals surface area contributed by atoms with Crippen LogP contribution in [-0.2, 0) is 25.6 Å². The summed E-state index contributed by atoms with van der Waals surface area (Å²) < 4.78 is 0. The van der Waals surface area contributed by atoms with Gasteiger partial charge in [-0.25, -0.2) is 9.78 Å². The molecule has 0 unspecified atom stereocenters. The molecule has 38 heavy (non-hydrogen) atoms. The SMILES string of the molecule is CCCCCCCCCCCCCCCCCC(=O)NCC(=O)NCC(=O)N[C@@H](Cc1c[nH]cn1)C(=O)O. The third kappa shape index (κ3) is 18.4. The fourth-order valence-electron chi connectivity index (χ4n) is 4.22. The van der Waals surface area contributed by atoms with Crippen molar-refractivity contribution in [1.82, 2.24) is 25.9 Å². The molecule has 1 rings (SSSR count). The minimum Gasteiger partial charge on any atom is -0.480 e. The number of carboxylic acid groups (broad SMARTS) is 1. The summed E-state index contributed by atoms with van der Waals surface area (Å²) in [5.41, 5.74) is 0.499. The molecule has 1 heterocycles. The van der Waals surface area contributed by atoms with Gasteiger partial charge in [0.15, 0.2) is 0 Å². The van der Waals surface area contributed by atoms with Gasteiger partial charge in [-0.15, -0.1) is 0 Å². The highest BCUT2D eigenvalue weighted by molar-refractivity contribution is 5.89. The Morgan fingerprint density at radius 1 is 0.763 bits per heavy atom. The van der Waals surface area contributed by atoms with Crippen molar-refractivity contribution in [2.75, 3.05) is 13.1 Å². The third-order valence-corrected chi connectivity index (χ3v) is 6.50. The van der Waals surface area contributed by atoms with Gasteiger partial charge in [0.1, 0.15) is 6.04 Å². The van der Waals surface area contributed by atoms with Gasteiger partial charge in [-0.05, 0) is 6.42 Å². The first kappa shape index (κ1) is 33.1. The van der Waals surface area contributed by atoms with Crippen molar-refractivity contribution in [3.05, 3.63) is 18.2 Å². The van der Waals surface area contributed by atoms with Gasteiger partial charge >= 0.3 is 5.97 Å². The van der Waals surface area contributed by atoms with Crippen molar-refractivity contribution < 1.29 is 24.3 Å². The monoisotopic (exact) mass is 535 g/mol. The Bertz CT molecular complexity index is 785. The van der Waals surface area contributed by atoms with E-state index in [0.717, 1.165) is 19.3 Å². The number of carboxylic acids is 1. The first-order valence-corrected chi connectivity index (χ1v) is 14.5. The van der Waals surface area contributed by atoms with Crippen LogP contribution in [0.25, 0.3) is 0 Å². The Balaban J connectivity index is 1.96. The smallest absolute Gasteiger partial charge is 0.326 e. The molecule has 1 aromatic heterocycles. The Hall–Kier alpha value is -2.91. The number of carbonyl (C=O) groups excluding carboxylic acids is 3. The van der Waals surface area contributed by atoms with Gasteiger partial charge in [0, 0.05) is 19.0 Å². The van der Waals surface area contributed by atoms with Crippen LogP contribution in [0, 0.1) is 0 Å². The van der Waals surface area contributed by atoms with Gasteiger partial charge in [-0.3, -0.25) is 14.4 Å². The van der Waals surface area contributed by atoms with E-state index in [1.807, 2.05) is 0 Å². The number of imidazole rings is 1. The molecule has 0 saturated heterocycles. The molecule has 10 nitrogen and oxygen atoms in total. The molecule has 10 heteroatoms. The second-order valence-corrected chi connectivity index (χ2v) is 9.98. The van der Waals surface area contributed by atoms with Gasteiger partial charge in [0.25, 0.3) is 0 Å². The number of carbonyl (C=O) groups is 4. The van der Waals surface area contributed by atoms with E-state index in [4.69, 9.17) is 0 Å². The molecule has 0 aromatic carbocycles. The van der Waals surface area contributed by atoms with E-state index in [2.05, 4.69) is 32.8 Å². The predicted octanol–water partition coefficient (Wildman–Crippen LogP) is 4.02. The summed E-state index contributed by atoms with van der Waals surface area (Å²) in [4.78, 5) is 53.8. The fourth-order valence-corrected chi connectivity index (χ4v) is 4.22. The van der Waals surface area contributed by atoms with Gasteiger partial charge < -0.3 is 26.0 Å². The van der Waals surface area contributed by atoms with Crippen LogP contribution in [0.15, 0.2) is 12.5 Å². The number of H-pyrrole nitrogens is 1. The van der Waals surface area contributed by atoms with E-state index in [1.54, 1.807) is 6.20 Å². The molecular formula is C28H49N5O5. The molecule has 0 aliphatic rings. The van der Waals surface area contributed by atoms with Crippen LogP contribution in [0.5, 0.6) is 0 Å². The highest BCUT2D eigenvalue weighted by Gasteiger charge is 2.21. The zero-order valence-corrected chi connectivity index (χ0v) is 23.2. The normalized spacial score (nSPS) is 11.6. The molecule has 0 aliphatic carbocycles. The van der Waals surface area contributed by atoms with Gasteiger partial charge in [-0.1, -0.05) is 96.8 Å². The molecular weight excluding hydrogens is 486 g/mol. The zero-order valence-electron chi connectivity index (χ0n) is 23.2. The molecule has 0 aliphatic heterocycles. The maximum atomic E-state index is 12.0. The number of hydrogen-bond acceptors (Lipinski definition) is 5. The standard InChI is InChI=1S/C28H49N5O5/c1-2-3-4-5-6-7-8-9-10-11-12-13-14-15-16-17-25(34)30-20-26(35)31-21-27(36)33-24(28(37)38)18-23-19-29-22-32-23/h19,22,24H,2-18,20-21H2,1H3,(H,29,32)(H,30,34)(H,31,35)(H,33,36)(H,37,38)/t24-/m0/s1. The Morgan fingerprint density at radius 3 is 1.76 bits per heavy atom. The number of rotatable bonds is 24. The quantitative estimate of drug-likeness (QED) is 0.126. The summed E-state index contributed by atoms with van der Waals surface area (Å²) in [5.74, 6) is -2.53. The van der Waals surface area contributed by atoms with Crippen LogP contribution >= 0.6 is 0 Å². The van der Waals surface area contributed by atoms with Crippen LogP contribution < -0.4 is 16.0 Å². The summed E-state index contributed by atoms with van der Waals surface area (Å²) in [7, 11) is 0. The summed E-state index contributed by atoms with van der Waals surface area (Å²) in [6, 6.07) is -1.16. The maximum absolute atomic E-state index is 12.0. The van der Waals surface area contributed by atoms with E-state index < -0.39 is 23.8 Å². The second kappa shape index (κ2) is 22.1. The summed E-state index contributed by atoms with van der Waals surface area (Å²) in [5, 5.41) is 16.6. The van der Waals surface area contributed by atoms with Crippen molar-refractivity contribution in [2.24, 2.45) is 0 Å². The molecule has 0 saturated carbocycles. The molecule has 0 fully saturated rings. The number of aliphatic carboxylic acids is 1. The number of amides is 3. The number of nitrogens with one attached hydrogen (secondary N) is 4. The molecule has 1 atom stereocenters. The zero-order chi connectivity index (χ0) is 27.8. The highest BCUT2D eigenvalue weighted by atomic mass is 16.4. The first-order chi connectivity index (χ1) is 18.4. The maximum Gasteiger partial charge on any atom is 0.326 e. The number of aromatic nitrogens is 2.